The van der Waals surface area contributed by atoms with Crippen LogP contribution in [0.25, 0.3) is 0 Å². The zero-order valence-electron chi connectivity index (χ0n) is 13.7. The minimum Gasteiger partial charge on any atom is -0.469 e. The highest BCUT2D eigenvalue weighted by Crippen LogP contribution is 2.13. The van der Waals surface area contributed by atoms with Crippen molar-refractivity contribution in [2.24, 2.45) is 0 Å². The number of hydrogen-bond donors (Lipinski definition) is 1. The first-order valence-corrected chi connectivity index (χ1v) is 7.59. The van der Waals surface area contributed by atoms with Crippen LogP contribution in [-0.4, -0.2) is 24.3 Å². The third-order valence-corrected chi connectivity index (χ3v) is 3.91. The summed E-state index contributed by atoms with van der Waals surface area (Å²) in [5.74, 6) is -0.158. The van der Waals surface area contributed by atoms with E-state index in [1.165, 1.54) is 17.3 Å². The summed E-state index contributed by atoms with van der Waals surface area (Å²) in [5, 5.41) is 0. The molecule has 0 radical (unpaired) electrons. The number of carbonyl (C=O) groups is 1. The lowest BCUT2D eigenvalue weighted by Crippen LogP contribution is -2.34. The van der Waals surface area contributed by atoms with E-state index in [9.17, 15) is 9.59 Å². The van der Waals surface area contributed by atoms with Gasteiger partial charge in [0.2, 0.25) is 0 Å². The van der Waals surface area contributed by atoms with Gasteiger partial charge in [-0.2, -0.15) is 0 Å². The number of nitrogens with one attached hydrogen (secondary N) is 1. The van der Waals surface area contributed by atoms with Crippen LogP contribution in [0.15, 0.2) is 47.4 Å². The summed E-state index contributed by atoms with van der Waals surface area (Å²) in [7, 11) is 1.32. The molecule has 0 bridgehead atoms. The molecular weight excluding hydrogens is 292 g/mol. The normalized spacial score (nSPS) is 11.8. The molecule has 5 nitrogen and oxygen atoms in total. The molecular formula is C18H22N2O3. The number of nitrogens with zero attached hydrogens (tertiary/aromatic N) is 1. The van der Waals surface area contributed by atoms with Crippen LogP contribution in [0.2, 0.25) is 0 Å². The molecule has 122 valence electrons. The second-order valence-corrected chi connectivity index (χ2v) is 5.58. The van der Waals surface area contributed by atoms with Gasteiger partial charge in [0.1, 0.15) is 0 Å². The zero-order valence-corrected chi connectivity index (χ0v) is 13.7. The van der Waals surface area contributed by atoms with Gasteiger partial charge in [0.05, 0.1) is 13.5 Å². The zero-order chi connectivity index (χ0) is 16.8. The Morgan fingerprint density at radius 2 is 1.96 bits per heavy atom. The molecule has 2 aromatic rings. The van der Waals surface area contributed by atoms with E-state index in [0.29, 0.717) is 12.1 Å². The van der Waals surface area contributed by atoms with E-state index in [0.717, 1.165) is 5.56 Å². The number of pyridine rings is 1. The highest BCUT2D eigenvalue weighted by molar-refractivity contribution is 5.72. The first kappa shape index (κ1) is 16.8. The highest BCUT2D eigenvalue weighted by atomic mass is 16.5. The lowest BCUT2D eigenvalue weighted by molar-refractivity contribution is -0.139. The number of hydrogen-bond acceptors (Lipinski definition) is 4. The molecule has 0 spiro atoms. The van der Waals surface area contributed by atoms with Crippen molar-refractivity contribution in [2.75, 3.05) is 19.1 Å². The van der Waals surface area contributed by atoms with Crippen LogP contribution in [0, 0.1) is 6.92 Å². The molecule has 1 N–H and O–H groups in total. The van der Waals surface area contributed by atoms with Gasteiger partial charge in [-0.3, -0.25) is 9.59 Å². The van der Waals surface area contributed by atoms with Crippen molar-refractivity contribution in [1.82, 2.24) is 4.68 Å². The number of rotatable bonds is 6. The Morgan fingerprint density at radius 3 is 2.61 bits per heavy atom. The Morgan fingerprint density at radius 1 is 1.26 bits per heavy atom. The minimum absolute atomic E-state index is 0.0159. The van der Waals surface area contributed by atoms with E-state index in [1.54, 1.807) is 6.20 Å². The Hall–Kier alpha value is -2.56. The van der Waals surface area contributed by atoms with Gasteiger partial charge in [0.15, 0.2) is 0 Å². The van der Waals surface area contributed by atoms with Crippen molar-refractivity contribution < 1.29 is 9.53 Å². The number of carbonyl (C=O) groups excluding carboxylic acids is 1. The van der Waals surface area contributed by atoms with Crippen LogP contribution >= 0.6 is 0 Å². The molecule has 1 heterocycles. The Bertz CT molecular complexity index is 723. The Balaban J connectivity index is 2.13. The van der Waals surface area contributed by atoms with Gasteiger partial charge in [0, 0.05) is 18.3 Å². The Kier molecular flexibility index (Phi) is 5.57. The van der Waals surface area contributed by atoms with E-state index in [2.05, 4.69) is 29.2 Å². The fourth-order valence-electron chi connectivity index (χ4n) is 2.36. The Labute approximate surface area is 135 Å². The number of ether oxygens (including phenoxy) is 1. The molecule has 1 atom stereocenters. The molecule has 23 heavy (non-hydrogen) atoms. The van der Waals surface area contributed by atoms with Gasteiger partial charge in [-0.05, 0) is 30.0 Å². The molecule has 2 rings (SSSR count). The van der Waals surface area contributed by atoms with Crippen molar-refractivity contribution in [3.63, 3.8) is 0 Å². The molecule has 0 aliphatic carbocycles. The SMILES string of the molecule is COC(=O)Cc1c(C)ccn(NCC(C)c2ccccc2)c1=O. The maximum atomic E-state index is 12.5. The molecule has 0 aliphatic heterocycles. The summed E-state index contributed by atoms with van der Waals surface area (Å²) in [6, 6.07) is 11.9. The predicted molar refractivity (Wildman–Crippen MR) is 90.2 cm³/mol. The second-order valence-electron chi connectivity index (χ2n) is 5.58. The maximum absolute atomic E-state index is 12.5. The largest absolute Gasteiger partial charge is 0.469 e. The number of methoxy groups -OCH3 is 1. The fraction of sp³-hybridized carbons (Fsp3) is 0.333. The molecule has 1 aromatic heterocycles. The number of esters is 1. The molecule has 0 saturated heterocycles. The quantitative estimate of drug-likeness (QED) is 0.831. The summed E-state index contributed by atoms with van der Waals surface area (Å²) in [4.78, 5) is 23.9. The molecule has 0 aliphatic rings. The van der Waals surface area contributed by atoms with Gasteiger partial charge in [-0.25, -0.2) is 4.68 Å². The smallest absolute Gasteiger partial charge is 0.310 e. The maximum Gasteiger partial charge on any atom is 0.310 e. The molecule has 0 saturated carbocycles. The number of aromatic nitrogens is 1. The van der Waals surface area contributed by atoms with Gasteiger partial charge in [0.25, 0.3) is 5.56 Å². The molecule has 0 amide bonds. The van der Waals surface area contributed by atoms with Crippen LogP contribution < -0.4 is 11.0 Å². The van der Waals surface area contributed by atoms with E-state index in [1.807, 2.05) is 31.2 Å². The van der Waals surface area contributed by atoms with Crippen LogP contribution in [0.4, 0.5) is 0 Å². The van der Waals surface area contributed by atoms with Gasteiger partial charge in [-0.15, -0.1) is 0 Å². The third kappa shape index (κ3) is 4.22. The average Bonchev–Trinajstić information content (AvgIpc) is 2.58. The van der Waals surface area contributed by atoms with Crippen LogP contribution in [0.5, 0.6) is 0 Å². The van der Waals surface area contributed by atoms with Crippen molar-refractivity contribution in [3.05, 3.63) is 69.6 Å². The molecule has 1 aromatic carbocycles. The average molecular weight is 314 g/mol. The molecule has 1 unspecified atom stereocenters. The summed E-state index contributed by atoms with van der Waals surface area (Å²) >= 11 is 0. The van der Waals surface area contributed by atoms with E-state index in [4.69, 9.17) is 0 Å². The monoisotopic (exact) mass is 314 g/mol. The molecule has 0 fully saturated rings. The third-order valence-electron chi connectivity index (χ3n) is 3.91. The van der Waals surface area contributed by atoms with E-state index in [-0.39, 0.29) is 17.9 Å². The molecule has 5 heteroatoms. The highest BCUT2D eigenvalue weighted by Gasteiger charge is 2.13. The summed E-state index contributed by atoms with van der Waals surface area (Å²) in [6.45, 7) is 4.53. The standard InChI is InChI=1S/C18H22N2O3/c1-13-9-10-20(18(22)16(13)11-17(21)23-3)19-12-14(2)15-7-5-4-6-8-15/h4-10,14,19H,11-12H2,1-3H3. The fourth-order valence-corrected chi connectivity index (χ4v) is 2.36. The van der Waals surface area contributed by atoms with Crippen LogP contribution in [0.3, 0.4) is 0 Å². The van der Waals surface area contributed by atoms with Crippen LogP contribution in [-0.2, 0) is 16.0 Å². The number of aryl methyl sites for hydroxylation is 1. The van der Waals surface area contributed by atoms with Gasteiger partial charge >= 0.3 is 5.97 Å². The van der Waals surface area contributed by atoms with Crippen molar-refractivity contribution in [1.29, 1.82) is 0 Å². The van der Waals surface area contributed by atoms with Crippen molar-refractivity contribution in [2.45, 2.75) is 26.2 Å². The van der Waals surface area contributed by atoms with E-state index < -0.39 is 5.97 Å². The number of benzene rings is 1. The predicted octanol–water partition coefficient (Wildman–Crippen LogP) is 2.22. The summed E-state index contributed by atoms with van der Waals surface area (Å²) < 4.78 is 6.09. The lowest BCUT2D eigenvalue weighted by Gasteiger charge is -2.16. The lowest BCUT2D eigenvalue weighted by atomic mass is 10.0. The van der Waals surface area contributed by atoms with Crippen molar-refractivity contribution in [3.8, 4) is 0 Å². The van der Waals surface area contributed by atoms with Crippen LogP contribution in [0.1, 0.15) is 29.5 Å². The first-order valence-electron chi connectivity index (χ1n) is 7.59. The van der Waals surface area contributed by atoms with Crippen molar-refractivity contribution >= 4 is 5.97 Å². The second kappa shape index (κ2) is 7.63. The minimum atomic E-state index is -0.416. The van der Waals surface area contributed by atoms with E-state index >= 15 is 0 Å². The van der Waals surface area contributed by atoms with Gasteiger partial charge in [-0.1, -0.05) is 37.3 Å². The topological polar surface area (TPSA) is 60.3 Å². The van der Waals surface area contributed by atoms with Gasteiger partial charge < -0.3 is 10.2 Å². The first-order chi connectivity index (χ1) is 11.0. The summed E-state index contributed by atoms with van der Waals surface area (Å²) in [5.41, 5.74) is 5.36. The summed E-state index contributed by atoms with van der Waals surface area (Å²) in [6.07, 6.45) is 1.67.